The molecule has 1 saturated carbocycles. The summed E-state index contributed by atoms with van der Waals surface area (Å²) in [7, 11) is -0.184. The van der Waals surface area contributed by atoms with Crippen LogP contribution in [0.5, 0.6) is 11.5 Å². The molecule has 0 unspecified atom stereocenters. The number of hydrogen-bond donors (Lipinski definition) is 2. The van der Waals surface area contributed by atoms with Crippen molar-refractivity contribution < 1.29 is 32.2 Å². The number of methoxy groups -OCH3 is 3. The summed E-state index contributed by atoms with van der Waals surface area (Å²) in [6, 6.07) is 2.92. The van der Waals surface area contributed by atoms with Gasteiger partial charge in [-0.1, -0.05) is 19.3 Å². The number of hydrogen-bond acceptors (Lipinski definition) is 7. The highest BCUT2D eigenvalue weighted by atomic mass is 32.2. The van der Waals surface area contributed by atoms with E-state index in [0.29, 0.717) is 5.56 Å². The standard InChI is InChI=1S/C20H28N2O7S/c1-27-16-11-14(9-10-19(24)28-2)12-17(20(16)29-3)30(25,26)21-13-18(23)22-15-7-5-4-6-8-15/h9-12,15,21H,4-8,13H2,1-3H3,(H,22,23)/b10-9+. The van der Waals surface area contributed by atoms with E-state index in [0.717, 1.165) is 38.2 Å². The van der Waals surface area contributed by atoms with Crippen LogP contribution in [0, 0.1) is 0 Å². The third-order valence-electron chi connectivity index (χ3n) is 4.76. The molecule has 1 amide bonds. The largest absolute Gasteiger partial charge is 0.493 e. The second-order valence-corrected chi connectivity index (χ2v) is 8.57. The second-order valence-electron chi connectivity index (χ2n) is 6.84. The number of carbonyl (C=O) groups excluding carboxylic acids is 2. The number of amides is 1. The molecule has 10 heteroatoms. The lowest BCUT2D eigenvalue weighted by Crippen LogP contribution is -2.42. The second kappa shape index (κ2) is 11.0. The van der Waals surface area contributed by atoms with Crippen LogP contribution in [-0.2, 0) is 24.3 Å². The zero-order valence-electron chi connectivity index (χ0n) is 17.4. The van der Waals surface area contributed by atoms with E-state index in [1.807, 2.05) is 0 Å². The number of benzene rings is 1. The average Bonchev–Trinajstić information content (AvgIpc) is 2.76. The van der Waals surface area contributed by atoms with E-state index in [2.05, 4.69) is 14.8 Å². The van der Waals surface area contributed by atoms with Gasteiger partial charge in [-0.3, -0.25) is 4.79 Å². The minimum Gasteiger partial charge on any atom is -0.493 e. The van der Waals surface area contributed by atoms with Gasteiger partial charge < -0.3 is 19.5 Å². The Kier molecular flexibility index (Phi) is 8.67. The molecule has 1 aromatic rings. The summed E-state index contributed by atoms with van der Waals surface area (Å²) in [5.41, 5.74) is 0.380. The summed E-state index contributed by atoms with van der Waals surface area (Å²) < 4.78 is 43.1. The molecule has 0 aromatic heterocycles. The van der Waals surface area contributed by atoms with Crippen molar-refractivity contribution in [2.45, 2.75) is 43.0 Å². The Morgan fingerprint density at radius 3 is 2.40 bits per heavy atom. The molecule has 9 nitrogen and oxygen atoms in total. The van der Waals surface area contributed by atoms with Gasteiger partial charge in [0.15, 0.2) is 11.5 Å². The molecule has 0 atom stereocenters. The number of esters is 1. The van der Waals surface area contributed by atoms with Crippen molar-refractivity contribution in [1.29, 1.82) is 0 Å². The summed E-state index contributed by atoms with van der Waals surface area (Å²) >= 11 is 0. The van der Waals surface area contributed by atoms with Crippen molar-refractivity contribution in [3.05, 3.63) is 23.8 Å². The van der Waals surface area contributed by atoms with Crippen molar-refractivity contribution in [3.8, 4) is 11.5 Å². The van der Waals surface area contributed by atoms with Crippen LogP contribution in [0.3, 0.4) is 0 Å². The Morgan fingerprint density at radius 2 is 1.80 bits per heavy atom. The van der Waals surface area contributed by atoms with Crippen molar-refractivity contribution >= 4 is 28.0 Å². The first kappa shape index (κ1) is 23.7. The normalized spacial score (nSPS) is 15.0. The van der Waals surface area contributed by atoms with E-state index in [4.69, 9.17) is 9.47 Å². The van der Waals surface area contributed by atoms with Crippen LogP contribution in [0.1, 0.15) is 37.7 Å². The van der Waals surface area contributed by atoms with Gasteiger partial charge in [0, 0.05) is 12.1 Å². The highest BCUT2D eigenvalue weighted by Crippen LogP contribution is 2.36. The Morgan fingerprint density at radius 1 is 1.10 bits per heavy atom. The summed E-state index contributed by atoms with van der Waals surface area (Å²) in [6.45, 7) is -0.396. The predicted molar refractivity (Wildman–Crippen MR) is 111 cm³/mol. The summed E-state index contributed by atoms with van der Waals surface area (Å²) in [5.74, 6) is -0.825. The molecule has 1 aliphatic rings. The Balaban J connectivity index is 2.21. The predicted octanol–water partition coefficient (Wildman–Crippen LogP) is 1.62. The van der Waals surface area contributed by atoms with E-state index >= 15 is 0 Å². The molecule has 30 heavy (non-hydrogen) atoms. The van der Waals surface area contributed by atoms with Crippen LogP contribution in [0.4, 0.5) is 0 Å². The summed E-state index contributed by atoms with van der Waals surface area (Å²) in [4.78, 5) is 23.3. The third-order valence-corrected chi connectivity index (χ3v) is 6.17. The van der Waals surface area contributed by atoms with Crippen molar-refractivity contribution in [1.82, 2.24) is 10.0 Å². The lowest BCUT2D eigenvalue weighted by atomic mass is 9.95. The van der Waals surface area contributed by atoms with Crippen molar-refractivity contribution in [3.63, 3.8) is 0 Å². The maximum atomic E-state index is 12.9. The molecule has 1 aliphatic carbocycles. The topological polar surface area (TPSA) is 120 Å². The quantitative estimate of drug-likeness (QED) is 0.442. The maximum absolute atomic E-state index is 12.9. The van der Waals surface area contributed by atoms with Crippen LogP contribution in [0.25, 0.3) is 6.08 Å². The molecule has 0 radical (unpaired) electrons. The molecule has 2 rings (SSSR count). The van der Waals surface area contributed by atoms with E-state index < -0.39 is 28.4 Å². The van der Waals surface area contributed by atoms with Gasteiger partial charge in [0.1, 0.15) is 4.90 Å². The van der Waals surface area contributed by atoms with Gasteiger partial charge >= 0.3 is 5.97 Å². The molecular formula is C20H28N2O7S. The monoisotopic (exact) mass is 440 g/mol. The number of sulfonamides is 1. The van der Waals surface area contributed by atoms with Gasteiger partial charge in [-0.05, 0) is 36.6 Å². The number of ether oxygens (including phenoxy) is 3. The number of rotatable bonds is 9. The Labute approximate surface area is 176 Å². The molecule has 0 aliphatic heterocycles. The van der Waals surface area contributed by atoms with E-state index in [-0.39, 0.29) is 22.4 Å². The minimum atomic E-state index is -4.10. The minimum absolute atomic E-state index is 0.00657. The van der Waals surface area contributed by atoms with Gasteiger partial charge in [-0.2, -0.15) is 0 Å². The van der Waals surface area contributed by atoms with Crippen LogP contribution in [-0.4, -0.2) is 54.2 Å². The maximum Gasteiger partial charge on any atom is 0.330 e. The van der Waals surface area contributed by atoms with E-state index in [9.17, 15) is 18.0 Å². The molecule has 0 spiro atoms. The Bertz CT molecular complexity index is 891. The first-order chi connectivity index (χ1) is 14.3. The lowest BCUT2D eigenvalue weighted by molar-refractivity contribution is -0.134. The van der Waals surface area contributed by atoms with Gasteiger partial charge in [0.2, 0.25) is 15.9 Å². The molecule has 0 bridgehead atoms. The first-order valence-corrected chi connectivity index (χ1v) is 11.1. The van der Waals surface area contributed by atoms with Gasteiger partial charge in [-0.15, -0.1) is 0 Å². The highest BCUT2D eigenvalue weighted by Gasteiger charge is 2.25. The van der Waals surface area contributed by atoms with Gasteiger partial charge in [0.25, 0.3) is 0 Å². The SMILES string of the molecule is COC(=O)/C=C/c1cc(OC)c(OC)c(S(=O)(=O)NCC(=O)NC2CCCCC2)c1. The zero-order valence-corrected chi connectivity index (χ0v) is 18.2. The van der Waals surface area contributed by atoms with Crippen LogP contribution in [0.15, 0.2) is 23.1 Å². The van der Waals surface area contributed by atoms with Gasteiger partial charge in [-0.25, -0.2) is 17.9 Å². The van der Waals surface area contributed by atoms with E-state index in [1.54, 1.807) is 0 Å². The van der Waals surface area contributed by atoms with Crippen molar-refractivity contribution in [2.24, 2.45) is 0 Å². The first-order valence-electron chi connectivity index (χ1n) is 9.61. The molecule has 0 saturated heterocycles. The molecular weight excluding hydrogens is 412 g/mol. The fourth-order valence-corrected chi connectivity index (χ4v) is 4.44. The van der Waals surface area contributed by atoms with E-state index in [1.165, 1.54) is 39.5 Å². The molecule has 2 N–H and O–H groups in total. The molecule has 0 heterocycles. The van der Waals surface area contributed by atoms with Crippen LogP contribution < -0.4 is 19.5 Å². The highest BCUT2D eigenvalue weighted by molar-refractivity contribution is 7.89. The van der Waals surface area contributed by atoms with Crippen LogP contribution in [0.2, 0.25) is 0 Å². The fourth-order valence-electron chi connectivity index (χ4n) is 3.24. The average molecular weight is 441 g/mol. The Hall–Kier alpha value is -2.59. The lowest BCUT2D eigenvalue weighted by Gasteiger charge is -2.22. The smallest absolute Gasteiger partial charge is 0.330 e. The van der Waals surface area contributed by atoms with Crippen molar-refractivity contribution in [2.75, 3.05) is 27.9 Å². The zero-order chi connectivity index (χ0) is 22.1. The fraction of sp³-hybridized carbons (Fsp3) is 0.500. The molecule has 1 fully saturated rings. The van der Waals surface area contributed by atoms with Crippen LogP contribution >= 0.6 is 0 Å². The summed E-state index contributed by atoms with van der Waals surface area (Å²) in [5, 5.41) is 2.86. The number of carbonyl (C=O) groups is 2. The third kappa shape index (κ3) is 6.46. The summed E-state index contributed by atoms with van der Waals surface area (Å²) in [6.07, 6.45) is 7.61. The molecule has 166 valence electrons. The number of nitrogens with one attached hydrogen (secondary N) is 2. The van der Waals surface area contributed by atoms with Gasteiger partial charge in [0.05, 0.1) is 27.9 Å². The molecule has 1 aromatic carbocycles.